The smallest absolute Gasteiger partial charge is 0.234 e. The molecule has 1 amide bonds. The first kappa shape index (κ1) is 14.2. The van der Waals surface area contributed by atoms with E-state index in [0.717, 1.165) is 22.6 Å². The Kier molecular flexibility index (Phi) is 5.05. The number of carbonyl (C=O) groups excluding carboxylic acids is 1. The standard InChI is InChI=1S/C15H17NOS2/c1-11-5-3-6-12(2)15(11)16-14(17)10-18-9-13-7-4-8-19-13/h3-8H,9-10H2,1-2H3,(H,16,17). The Balaban J connectivity index is 1.84. The van der Waals surface area contributed by atoms with Crippen molar-refractivity contribution < 1.29 is 4.79 Å². The molecule has 4 heteroatoms. The van der Waals surface area contributed by atoms with Gasteiger partial charge in [0.25, 0.3) is 0 Å². The summed E-state index contributed by atoms with van der Waals surface area (Å²) < 4.78 is 0. The van der Waals surface area contributed by atoms with Gasteiger partial charge in [0.05, 0.1) is 5.75 Å². The van der Waals surface area contributed by atoms with E-state index < -0.39 is 0 Å². The second kappa shape index (κ2) is 6.78. The van der Waals surface area contributed by atoms with Gasteiger partial charge in [0, 0.05) is 16.3 Å². The van der Waals surface area contributed by atoms with Crippen molar-refractivity contribution in [1.29, 1.82) is 0 Å². The molecule has 0 saturated heterocycles. The number of thiophene rings is 1. The Morgan fingerprint density at radius 1 is 1.21 bits per heavy atom. The highest BCUT2D eigenvalue weighted by Crippen LogP contribution is 2.21. The Bertz CT molecular complexity index is 529. The quantitative estimate of drug-likeness (QED) is 0.893. The number of hydrogen-bond acceptors (Lipinski definition) is 3. The Labute approximate surface area is 122 Å². The molecule has 0 fully saturated rings. The molecule has 1 aromatic heterocycles. The van der Waals surface area contributed by atoms with Gasteiger partial charge in [0.1, 0.15) is 0 Å². The SMILES string of the molecule is Cc1cccc(C)c1NC(=O)CSCc1cccs1. The molecule has 2 aromatic rings. The van der Waals surface area contributed by atoms with E-state index in [-0.39, 0.29) is 5.91 Å². The molecule has 0 aliphatic rings. The number of benzene rings is 1. The van der Waals surface area contributed by atoms with Crippen LogP contribution in [0.1, 0.15) is 16.0 Å². The molecule has 0 unspecified atom stereocenters. The molecule has 1 heterocycles. The van der Waals surface area contributed by atoms with Crippen molar-refractivity contribution in [3.8, 4) is 0 Å². The minimum atomic E-state index is 0.0685. The van der Waals surface area contributed by atoms with Gasteiger partial charge >= 0.3 is 0 Å². The fraction of sp³-hybridized carbons (Fsp3) is 0.267. The molecule has 0 saturated carbocycles. The van der Waals surface area contributed by atoms with Crippen LogP contribution in [0.2, 0.25) is 0 Å². The van der Waals surface area contributed by atoms with Crippen LogP contribution in [0, 0.1) is 13.8 Å². The number of para-hydroxylation sites is 1. The van der Waals surface area contributed by atoms with E-state index in [4.69, 9.17) is 0 Å². The normalized spacial score (nSPS) is 10.4. The molecule has 19 heavy (non-hydrogen) atoms. The third-order valence-electron chi connectivity index (χ3n) is 2.80. The van der Waals surface area contributed by atoms with Gasteiger partial charge in [-0.15, -0.1) is 23.1 Å². The lowest BCUT2D eigenvalue weighted by atomic mass is 10.1. The maximum Gasteiger partial charge on any atom is 0.234 e. The molecular weight excluding hydrogens is 274 g/mol. The molecule has 1 N–H and O–H groups in total. The maximum atomic E-state index is 11.9. The van der Waals surface area contributed by atoms with Gasteiger partial charge in [-0.25, -0.2) is 0 Å². The van der Waals surface area contributed by atoms with Crippen molar-refractivity contribution in [2.24, 2.45) is 0 Å². The molecule has 2 rings (SSSR count). The zero-order valence-electron chi connectivity index (χ0n) is 11.1. The first-order chi connectivity index (χ1) is 9.16. The van der Waals surface area contributed by atoms with Crippen LogP contribution in [0.25, 0.3) is 0 Å². The number of nitrogens with one attached hydrogen (secondary N) is 1. The zero-order valence-corrected chi connectivity index (χ0v) is 12.7. The number of aryl methyl sites for hydroxylation is 2. The predicted molar refractivity (Wildman–Crippen MR) is 85.0 cm³/mol. The molecule has 0 spiro atoms. The van der Waals surface area contributed by atoms with E-state index in [0.29, 0.717) is 5.75 Å². The molecule has 1 aromatic carbocycles. The van der Waals surface area contributed by atoms with Crippen molar-refractivity contribution in [2.75, 3.05) is 11.1 Å². The molecule has 0 bridgehead atoms. The molecule has 0 aliphatic heterocycles. The van der Waals surface area contributed by atoms with Crippen molar-refractivity contribution in [3.63, 3.8) is 0 Å². The molecule has 2 nitrogen and oxygen atoms in total. The van der Waals surface area contributed by atoms with E-state index in [9.17, 15) is 4.79 Å². The zero-order chi connectivity index (χ0) is 13.7. The highest BCUT2D eigenvalue weighted by Gasteiger charge is 2.07. The maximum absolute atomic E-state index is 11.9. The van der Waals surface area contributed by atoms with Crippen LogP contribution in [0.3, 0.4) is 0 Å². The molecule has 100 valence electrons. The van der Waals surface area contributed by atoms with Crippen molar-refractivity contribution in [3.05, 3.63) is 51.7 Å². The van der Waals surface area contributed by atoms with Gasteiger partial charge in [0.15, 0.2) is 0 Å². The second-order valence-electron chi connectivity index (χ2n) is 4.39. The minimum Gasteiger partial charge on any atom is -0.325 e. The average molecular weight is 291 g/mol. The summed E-state index contributed by atoms with van der Waals surface area (Å²) in [7, 11) is 0. The summed E-state index contributed by atoms with van der Waals surface area (Å²) >= 11 is 3.38. The van der Waals surface area contributed by atoms with E-state index in [2.05, 4.69) is 16.8 Å². The van der Waals surface area contributed by atoms with Crippen molar-refractivity contribution in [2.45, 2.75) is 19.6 Å². The summed E-state index contributed by atoms with van der Waals surface area (Å²) in [5, 5.41) is 5.06. The van der Waals surface area contributed by atoms with Crippen LogP contribution < -0.4 is 5.32 Å². The fourth-order valence-corrected chi connectivity index (χ4v) is 3.49. The van der Waals surface area contributed by atoms with Crippen LogP contribution in [0.15, 0.2) is 35.7 Å². The van der Waals surface area contributed by atoms with Crippen LogP contribution in [0.5, 0.6) is 0 Å². The Hall–Kier alpha value is -1.26. The number of thioether (sulfide) groups is 1. The monoisotopic (exact) mass is 291 g/mol. The molecule has 0 atom stereocenters. The highest BCUT2D eigenvalue weighted by atomic mass is 32.2. The van der Waals surface area contributed by atoms with Crippen LogP contribution in [0.4, 0.5) is 5.69 Å². The van der Waals surface area contributed by atoms with Gasteiger partial charge in [-0.1, -0.05) is 24.3 Å². The number of hydrogen-bond donors (Lipinski definition) is 1. The largest absolute Gasteiger partial charge is 0.325 e. The van der Waals surface area contributed by atoms with E-state index in [1.165, 1.54) is 4.88 Å². The fourth-order valence-electron chi connectivity index (χ4n) is 1.83. The highest BCUT2D eigenvalue weighted by molar-refractivity contribution is 7.99. The molecule has 0 radical (unpaired) electrons. The first-order valence-corrected chi connectivity index (χ1v) is 8.16. The topological polar surface area (TPSA) is 29.1 Å². The Morgan fingerprint density at radius 3 is 2.58 bits per heavy atom. The van der Waals surface area contributed by atoms with Gasteiger partial charge in [-0.3, -0.25) is 4.79 Å². The summed E-state index contributed by atoms with van der Waals surface area (Å²) in [5.74, 6) is 1.46. The summed E-state index contributed by atoms with van der Waals surface area (Å²) in [6, 6.07) is 10.2. The summed E-state index contributed by atoms with van der Waals surface area (Å²) in [5.41, 5.74) is 3.16. The third kappa shape index (κ3) is 4.11. The summed E-state index contributed by atoms with van der Waals surface area (Å²) in [6.07, 6.45) is 0. The lowest BCUT2D eigenvalue weighted by molar-refractivity contribution is -0.113. The lowest BCUT2D eigenvalue weighted by Crippen LogP contribution is -2.15. The number of anilines is 1. The second-order valence-corrected chi connectivity index (χ2v) is 6.40. The van der Waals surface area contributed by atoms with Crippen LogP contribution >= 0.6 is 23.1 Å². The number of rotatable bonds is 5. The van der Waals surface area contributed by atoms with Crippen LogP contribution in [-0.4, -0.2) is 11.7 Å². The van der Waals surface area contributed by atoms with E-state index >= 15 is 0 Å². The third-order valence-corrected chi connectivity index (χ3v) is 4.84. The van der Waals surface area contributed by atoms with Gasteiger partial charge in [-0.05, 0) is 36.4 Å². The predicted octanol–water partition coefficient (Wildman–Crippen LogP) is 4.24. The summed E-state index contributed by atoms with van der Waals surface area (Å²) in [6.45, 7) is 4.03. The summed E-state index contributed by atoms with van der Waals surface area (Å²) in [4.78, 5) is 13.2. The van der Waals surface area contributed by atoms with E-state index in [1.807, 2.05) is 38.1 Å². The number of amides is 1. The lowest BCUT2D eigenvalue weighted by Gasteiger charge is -2.11. The van der Waals surface area contributed by atoms with Crippen molar-refractivity contribution >= 4 is 34.7 Å². The minimum absolute atomic E-state index is 0.0685. The van der Waals surface area contributed by atoms with Gasteiger partial charge in [0.2, 0.25) is 5.91 Å². The van der Waals surface area contributed by atoms with Gasteiger partial charge < -0.3 is 5.32 Å². The molecule has 0 aliphatic carbocycles. The first-order valence-electron chi connectivity index (χ1n) is 6.13. The van der Waals surface area contributed by atoms with Gasteiger partial charge in [-0.2, -0.15) is 0 Å². The Morgan fingerprint density at radius 2 is 1.95 bits per heavy atom. The number of carbonyl (C=O) groups is 1. The molecular formula is C15H17NOS2. The van der Waals surface area contributed by atoms with Crippen LogP contribution in [-0.2, 0) is 10.5 Å². The van der Waals surface area contributed by atoms with Crippen molar-refractivity contribution in [1.82, 2.24) is 0 Å². The van der Waals surface area contributed by atoms with E-state index in [1.54, 1.807) is 23.1 Å². The average Bonchev–Trinajstić information content (AvgIpc) is 2.87.